The number of benzene rings is 2. The number of methoxy groups -OCH3 is 1. The molecule has 1 saturated heterocycles. The number of amides is 1. The van der Waals surface area contributed by atoms with Crippen molar-refractivity contribution in [2.45, 2.75) is 30.2 Å². The lowest BCUT2D eigenvalue weighted by Crippen LogP contribution is -2.52. The van der Waals surface area contributed by atoms with Crippen LogP contribution < -0.4 is 9.62 Å². The number of carbonyl (C=O) groups is 2. The molecule has 1 aromatic heterocycles. The van der Waals surface area contributed by atoms with E-state index >= 15 is 0 Å². The predicted molar refractivity (Wildman–Crippen MR) is 130 cm³/mol. The maximum Gasteiger partial charge on any atom is 0.332 e. The zero-order chi connectivity index (χ0) is 24.3. The van der Waals surface area contributed by atoms with Crippen molar-refractivity contribution in [3.63, 3.8) is 0 Å². The Hall–Kier alpha value is -3.57. The van der Waals surface area contributed by atoms with Gasteiger partial charge >= 0.3 is 5.97 Å². The lowest BCUT2D eigenvalue weighted by atomic mass is 9.92. The Balaban J connectivity index is 1.66. The molecule has 0 radical (unpaired) electrons. The van der Waals surface area contributed by atoms with Gasteiger partial charge in [0.05, 0.1) is 17.7 Å². The number of nitrogens with zero attached hydrogens (tertiary/aromatic N) is 3. The van der Waals surface area contributed by atoms with Gasteiger partial charge in [-0.25, -0.2) is 23.2 Å². The van der Waals surface area contributed by atoms with Gasteiger partial charge in [0.1, 0.15) is 5.71 Å². The van der Waals surface area contributed by atoms with Crippen molar-refractivity contribution in [1.82, 2.24) is 4.98 Å². The van der Waals surface area contributed by atoms with E-state index in [1.165, 1.54) is 53.8 Å². The molecule has 1 atom stereocenters. The molecule has 4 rings (SSSR count). The number of carbonyl (C=O) groups excluding carboxylic acids is 2. The van der Waals surface area contributed by atoms with Crippen molar-refractivity contribution in [1.29, 1.82) is 0 Å². The molecule has 1 N–H and O–H groups in total. The highest BCUT2D eigenvalue weighted by atomic mass is 32.2. The summed E-state index contributed by atoms with van der Waals surface area (Å²) in [5.41, 5.74) is -0.0685. The minimum atomic E-state index is -3.81. The fraction of sp³-hybridized carbons (Fsp3) is 0.217. The van der Waals surface area contributed by atoms with Gasteiger partial charge in [-0.15, -0.1) is 11.3 Å². The van der Waals surface area contributed by atoms with Gasteiger partial charge in [-0.05, 0) is 42.8 Å². The highest BCUT2D eigenvalue weighted by Gasteiger charge is 2.55. The lowest BCUT2D eigenvalue weighted by Gasteiger charge is -2.34. The molecule has 0 aliphatic carbocycles. The van der Waals surface area contributed by atoms with Crippen LogP contribution >= 0.6 is 11.3 Å². The summed E-state index contributed by atoms with van der Waals surface area (Å²) in [5, 5.41) is 1.93. The van der Waals surface area contributed by atoms with E-state index in [2.05, 4.69) is 14.7 Å². The molecule has 0 bridgehead atoms. The molecule has 0 spiro atoms. The quantitative estimate of drug-likeness (QED) is 0.496. The number of hydrogen-bond donors (Lipinski definition) is 1. The third-order valence-corrected chi connectivity index (χ3v) is 7.74. The van der Waals surface area contributed by atoms with Crippen molar-refractivity contribution in [2.24, 2.45) is 4.99 Å². The fourth-order valence-corrected chi connectivity index (χ4v) is 5.66. The number of thiazole rings is 1. The van der Waals surface area contributed by atoms with Crippen molar-refractivity contribution in [2.75, 3.05) is 16.7 Å². The molecule has 3 aromatic rings. The van der Waals surface area contributed by atoms with Crippen LogP contribution in [0.3, 0.4) is 0 Å². The van der Waals surface area contributed by atoms with Crippen LogP contribution in [0.5, 0.6) is 0 Å². The van der Waals surface area contributed by atoms with Gasteiger partial charge in [0.25, 0.3) is 15.9 Å². The van der Waals surface area contributed by atoms with E-state index < -0.39 is 27.4 Å². The molecular weight excluding hydrogens is 476 g/mol. The number of nitrogens with one attached hydrogen (secondary N) is 1. The maximum atomic E-state index is 13.4. The standard InChI is InChI=1S/C23H22N4O5S2/c1-3-23(21(29)32-2)15-19(20(28)27(23)17-7-5-4-6-8-17)25-16-9-11-18(12-10-16)34(30,31)26-22-24-13-14-33-22/h4-14H,3,15H2,1-2H3,(H,24,26). The monoisotopic (exact) mass is 498 g/mol. The Morgan fingerprint density at radius 2 is 1.91 bits per heavy atom. The van der Waals surface area contributed by atoms with E-state index in [1.807, 2.05) is 13.0 Å². The van der Waals surface area contributed by atoms with Crippen LogP contribution in [-0.4, -0.2) is 43.6 Å². The average molecular weight is 499 g/mol. The topological polar surface area (TPSA) is 118 Å². The molecule has 34 heavy (non-hydrogen) atoms. The number of ether oxygens (including phenoxy) is 1. The third-order valence-electron chi connectivity index (χ3n) is 5.57. The van der Waals surface area contributed by atoms with Gasteiger partial charge in [-0.3, -0.25) is 14.4 Å². The molecule has 11 heteroatoms. The SMILES string of the molecule is CCC1(C(=O)OC)CC(=Nc2ccc(S(=O)(=O)Nc3nccs3)cc2)C(=O)N1c1ccccc1. The number of aliphatic imine (C=N–C) groups is 1. The number of hydrogen-bond acceptors (Lipinski definition) is 8. The van der Waals surface area contributed by atoms with Crippen LogP contribution in [0.15, 0.2) is 76.1 Å². The van der Waals surface area contributed by atoms with Gasteiger partial charge < -0.3 is 4.74 Å². The molecule has 2 aromatic carbocycles. The maximum absolute atomic E-state index is 13.4. The third kappa shape index (κ3) is 4.31. The first-order valence-corrected chi connectivity index (χ1v) is 12.7. The van der Waals surface area contributed by atoms with E-state index in [0.717, 1.165) is 0 Å². The number of esters is 1. The highest BCUT2D eigenvalue weighted by Crippen LogP contribution is 2.38. The largest absolute Gasteiger partial charge is 0.467 e. The zero-order valence-corrected chi connectivity index (χ0v) is 20.1. The summed E-state index contributed by atoms with van der Waals surface area (Å²) in [6.07, 6.45) is 1.90. The number of anilines is 2. The molecule has 0 saturated carbocycles. The average Bonchev–Trinajstić information content (AvgIpc) is 3.45. The first-order valence-electron chi connectivity index (χ1n) is 10.4. The molecule has 1 aliphatic heterocycles. The van der Waals surface area contributed by atoms with E-state index in [4.69, 9.17) is 4.74 Å². The van der Waals surface area contributed by atoms with Gasteiger partial charge in [-0.1, -0.05) is 25.1 Å². The van der Waals surface area contributed by atoms with Crippen molar-refractivity contribution in [3.8, 4) is 0 Å². The lowest BCUT2D eigenvalue weighted by molar-refractivity contribution is -0.147. The Morgan fingerprint density at radius 1 is 1.21 bits per heavy atom. The molecule has 2 heterocycles. The molecule has 1 amide bonds. The van der Waals surface area contributed by atoms with E-state index in [1.54, 1.807) is 29.6 Å². The van der Waals surface area contributed by atoms with Gasteiger partial charge in [0, 0.05) is 23.7 Å². The minimum absolute atomic E-state index is 0.0350. The van der Waals surface area contributed by atoms with Crippen LogP contribution in [0.1, 0.15) is 19.8 Å². The molecule has 9 nitrogen and oxygen atoms in total. The Labute approximate surface area is 201 Å². The van der Waals surface area contributed by atoms with Gasteiger partial charge in [-0.2, -0.15) is 0 Å². The summed E-state index contributed by atoms with van der Waals surface area (Å²) in [6.45, 7) is 1.82. The Bertz CT molecular complexity index is 1320. The molecule has 1 aliphatic rings. The smallest absolute Gasteiger partial charge is 0.332 e. The van der Waals surface area contributed by atoms with E-state index in [-0.39, 0.29) is 22.2 Å². The van der Waals surface area contributed by atoms with Gasteiger partial charge in [0.2, 0.25) is 0 Å². The minimum Gasteiger partial charge on any atom is -0.467 e. The number of sulfonamides is 1. The second-order valence-electron chi connectivity index (χ2n) is 7.52. The second kappa shape index (κ2) is 9.35. The Morgan fingerprint density at radius 3 is 2.50 bits per heavy atom. The van der Waals surface area contributed by atoms with Crippen LogP contribution in [-0.2, 0) is 24.3 Å². The number of rotatable bonds is 7. The summed E-state index contributed by atoms with van der Waals surface area (Å²) >= 11 is 1.17. The fourth-order valence-electron chi connectivity index (χ4n) is 3.87. The normalized spacial score (nSPS) is 19.4. The zero-order valence-electron chi connectivity index (χ0n) is 18.5. The summed E-state index contributed by atoms with van der Waals surface area (Å²) < 4.78 is 32.6. The number of para-hydroxylation sites is 1. The highest BCUT2D eigenvalue weighted by molar-refractivity contribution is 7.93. The van der Waals surface area contributed by atoms with Crippen LogP contribution in [0, 0.1) is 0 Å². The van der Waals surface area contributed by atoms with Crippen LogP contribution in [0.25, 0.3) is 0 Å². The summed E-state index contributed by atoms with van der Waals surface area (Å²) in [4.78, 5) is 36.1. The second-order valence-corrected chi connectivity index (χ2v) is 10.1. The molecular formula is C23H22N4O5S2. The molecule has 1 unspecified atom stereocenters. The summed E-state index contributed by atoms with van der Waals surface area (Å²) in [6, 6.07) is 14.7. The van der Waals surface area contributed by atoms with E-state index in [0.29, 0.717) is 17.8 Å². The van der Waals surface area contributed by atoms with E-state index in [9.17, 15) is 18.0 Å². The first-order chi connectivity index (χ1) is 16.3. The molecule has 1 fully saturated rings. The van der Waals surface area contributed by atoms with Crippen LogP contribution in [0.4, 0.5) is 16.5 Å². The molecule has 176 valence electrons. The summed E-state index contributed by atoms with van der Waals surface area (Å²) in [7, 11) is -2.51. The summed E-state index contributed by atoms with van der Waals surface area (Å²) in [5.74, 6) is -0.923. The van der Waals surface area contributed by atoms with Crippen molar-refractivity contribution in [3.05, 3.63) is 66.2 Å². The Kier molecular flexibility index (Phi) is 6.49. The number of aromatic nitrogens is 1. The van der Waals surface area contributed by atoms with Gasteiger partial charge in [0.15, 0.2) is 10.7 Å². The first kappa shape index (κ1) is 23.6. The predicted octanol–water partition coefficient (Wildman–Crippen LogP) is 3.78. The van der Waals surface area contributed by atoms with Crippen molar-refractivity contribution >= 4 is 55.5 Å². The van der Waals surface area contributed by atoms with Crippen LogP contribution in [0.2, 0.25) is 0 Å². The van der Waals surface area contributed by atoms with Crippen molar-refractivity contribution < 1.29 is 22.7 Å².